The van der Waals surface area contributed by atoms with Gasteiger partial charge in [0.1, 0.15) is 0 Å². The van der Waals surface area contributed by atoms with Crippen molar-refractivity contribution in [3.05, 3.63) is 29.6 Å². The van der Waals surface area contributed by atoms with Crippen LogP contribution in [0, 0.1) is 17.7 Å². The van der Waals surface area contributed by atoms with E-state index >= 15 is 0 Å². The first-order chi connectivity index (χ1) is 8.24. The smallest absolute Gasteiger partial charge is 0.165 e. The molecule has 3 heteroatoms. The van der Waals surface area contributed by atoms with E-state index in [0.717, 1.165) is 24.4 Å². The molecule has 1 fully saturated rings. The molecule has 1 aliphatic carbocycles. The minimum absolute atomic E-state index is 0.255. The van der Waals surface area contributed by atoms with Crippen LogP contribution in [-0.2, 0) is 6.42 Å². The molecule has 2 rings (SSSR count). The second kappa shape index (κ2) is 5.50. The molecule has 2 unspecified atom stereocenters. The lowest BCUT2D eigenvalue weighted by molar-refractivity contribution is 0.174. The van der Waals surface area contributed by atoms with Gasteiger partial charge in [-0.3, -0.25) is 0 Å². The molecule has 0 spiro atoms. The molecule has 0 bridgehead atoms. The van der Waals surface area contributed by atoms with Crippen molar-refractivity contribution in [2.45, 2.75) is 19.3 Å². The van der Waals surface area contributed by atoms with Gasteiger partial charge in [-0.15, -0.1) is 0 Å². The van der Waals surface area contributed by atoms with E-state index in [1.165, 1.54) is 20.0 Å². The number of hydrogen-bond acceptors (Lipinski definition) is 2. The Kier molecular flexibility index (Phi) is 4.00. The third-order valence-electron chi connectivity index (χ3n) is 3.76. The highest BCUT2D eigenvalue weighted by Gasteiger charge is 2.30. The predicted molar refractivity (Wildman–Crippen MR) is 66.8 cm³/mol. The Bertz CT molecular complexity index is 380. The Morgan fingerprint density at radius 2 is 2.12 bits per heavy atom. The van der Waals surface area contributed by atoms with Gasteiger partial charge in [0, 0.05) is 0 Å². The molecule has 2 nitrogen and oxygen atoms in total. The lowest BCUT2D eigenvalue weighted by atomic mass is 9.71. The van der Waals surface area contributed by atoms with Crippen LogP contribution >= 0.6 is 0 Å². The third-order valence-corrected chi connectivity index (χ3v) is 3.76. The molecule has 94 valence electrons. The van der Waals surface area contributed by atoms with Gasteiger partial charge < -0.3 is 10.1 Å². The zero-order valence-corrected chi connectivity index (χ0v) is 10.5. The maximum absolute atomic E-state index is 13.5. The normalized spacial score (nSPS) is 23.2. The Hall–Kier alpha value is -1.09. The molecule has 1 aromatic carbocycles. The number of ether oxygens (including phenoxy) is 1. The number of hydrogen-bond donors (Lipinski definition) is 1. The summed E-state index contributed by atoms with van der Waals surface area (Å²) in [6.07, 6.45) is 3.54. The second-order valence-corrected chi connectivity index (χ2v) is 4.83. The van der Waals surface area contributed by atoms with Gasteiger partial charge in [0.05, 0.1) is 7.11 Å². The van der Waals surface area contributed by atoms with Gasteiger partial charge in [-0.05, 0) is 62.4 Å². The van der Waals surface area contributed by atoms with E-state index in [1.54, 1.807) is 12.1 Å². The monoisotopic (exact) mass is 237 g/mol. The van der Waals surface area contributed by atoms with Crippen molar-refractivity contribution in [1.82, 2.24) is 5.32 Å². The van der Waals surface area contributed by atoms with Crippen LogP contribution < -0.4 is 10.1 Å². The van der Waals surface area contributed by atoms with Crippen LogP contribution in [0.3, 0.4) is 0 Å². The first kappa shape index (κ1) is 12.4. The van der Waals surface area contributed by atoms with Gasteiger partial charge in [-0.1, -0.05) is 6.07 Å². The Morgan fingerprint density at radius 3 is 2.65 bits per heavy atom. The molecule has 1 N–H and O–H groups in total. The summed E-state index contributed by atoms with van der Waals surface area (Å²) < 4.78 is 18.5. The van der Waals surface area contributed by atoms with Crippen LogP contribution in [0.15, 0.2) is 18.2 Å². The summed E-state index contributed by atoms with van der Waals surface area (Å²) in [5.41, 5.74) is 1.08. The van der Waals surface area contributed by atoms with Crippen molar-refractivity contribution in [1.29, 1.82) is 0 Å². The summed E-state index contributed by atoms with van der Waals surface area (Å²) >= 11 is 0. The van der Waals surface area contributed by atoms with E-state index in [2.05, 4.69) is 5.32 Å². The number of methoxy groups -OCH3 is 1. The van der Waals surface area contributed by atoms with Crippen molar-refractivity contribution >= 4 is 0 Å². The predicted octanol–water partition coefficient (Wildman–Crippen LogP) is 2.62. The Labute approximate surface area is 102 Å². The zero-order chi connectivity index (χ0) is 12.3. The van der Waals surface area contributed by atoms with E-state index < -0.39 is 0 Å². The van der Waals surface area contributed by atoms with Crippen LogP contribution in [0.2, 0.25) is 0 Å². The van der Waals surface area contributed by atoms with Gasteiger partial charge >= 0.3 is 0 Å². The number of nitrogens with one attached hydrogen (secondary N) is 1. The van der Waals surface area contributed by atoms with E-state index in [9.17, 15) is 4.39 Å². The van der Waals surface area contributed by atoms with Crippen LogP contribution in [-0.4, -0.2) is 20.7 Å². The van der Waals surface area contributed by atoms with Crippen LogP contribution in [0.4, 0.5) is 4.39 Å². The first-order valence-electron chi connectivity index (χ1n) is 6.21. The Morgan fingerprint density at radius 1 is 1.35 bits per heavy atom. The number of benzene rings is 1. The van der Waals surface area contributed by atoms with Crippen LogP contribution in [0.25, 0.3) is 0 Å². The number of halogens is 1. The highest BCUT2D eigenvalue weighted by Crippen LogP contribution is 2.36. The average Bonchev–Trinajstić information content (AvgIpc) is 2.32. The largest absolute Gasteiger partial charge is 0.494 e. The molecule has 0 aromatic heterocycles. The van der Waals surface area contributed by atoms with Crippen molar-refractivity contribution in [3.63, 3.8) is 0 Å². The molecule has 2 atom stereocenters. The third kappa shape index (κ3) is 2.78. The fourth-order valence-corrected chi connectivity index (χ4v) is 2.58. The summed E-state index contributed by atoms with van der Waals surface area (Å²) in [5.74, 6) is 1.53. The average molecular weight is 237 g/mol. The minimum Gasteiger partial charge on any atom is -0.494 e. The van der Waals surface area contributed by atoms with Gasteiger partial charge in [-0.2, -0.15) is 0 Å². The highest BCUT2D eigenvalue weighted by atomic mass is 19.1. The van der Waals surface area contributed by atoms with Crippen LogP contribution in [0.1, 0.15) is 18.4 Å². The molecule has 1 saturated carbocycles. The lowest BCUT2D eigenvalue weighted by Gasteiger charge is -2.36. The summed E-state index contributed by atoms with van der Waals surface area (Å²) in [7, 11) is 3.48. The standard InChI is InChI=1S/C14H20FNO/c1-16-9-12-5-4-11(12)7-10-3-6-14(17-2)13(15)8-10/h3,6,8,11-12,16H,4-5,7,9H2,1-2H3. The van der Waals surface area contributed by atoms with E-state index in [1.807, 2.05) is 13.1 Å². The van der Waals surface area contributed by atoms with E-state index in [-0.39, 0.29) is 5.82 Å². The molecule has 0 heterocycles. The molecule has 1 aliphatic rings. The zero-order valence-electron chi connectivity index (χ0n) is 10.5. The maximum atomic E-state index is 13.5. The van der Waals surface area contributed by atoms with Crippen LogP contribution in [0.5, 0.6) is 5.75 Å². The van der Waals surface area contributed by atoms with Gasteiger partial charge in [0.2, 0.25) is 0 Å². The number of rotatable bonds is 5. The van der Waals surface area contributed by atoms with E-state index in [0.29, 0.717) is 11.7 Å². The molecule has 17 heavy (non-hydrogen) atoms. The fourth-order valence-electron chi connectivity index (χ4n) is 2.58. The molecule has 0 saturated heterocycles. The van der Waals surface area contributed by atoms with Gasteiger partial charge in [0.15, 0.2) is 11.6 Å². The minimum atomic E-state index is -0.255. The molecule has 1 aromatic rings. The summed E-state index contributed by atoms with van der Waals surface area (Å²) in [5, 5.41) is 3.22. The SMILES string of the molecule is CNCC1CCC1Cc1ccc(OC)c(F)c1. The highest BCUT2D eigenvalue weighted by molar-refractivity contribution is 5.29. The summed E-state index contributed by atoms with van der Waals surface area (Å²) in [6.45, 7) is 1.07. The van der Waals surface area contributed by atoms with Crippen molar-refractivity contribution in [2.24, 2.45) is 11.8 Å². The quantitative estimate of drug-likeness (QED) is 0.850. The maximum Gasteiger partial charge on any atom is 0.165 e. The first-order valence-corrected chi connectivity index (χ1v) is 6.21. The lowest BCUT2D eigenvalue weighted by Crippen LogP contribution is -2.35. The summed E-state index contributed by atoms with van der Waals surface area (Å²) in [6, 6.07) is 5.29. The van der Waals surface area contributed by atoms with Crippen molar-refractivity contribution in [3.8, 4) is 5.75 Å². The Balaban J connectivity index is 1.97. The molecule has 0 aliphatic heterocycles. The fraction of sp³-hybridized carbons (Fsp3) is 0.571. The molecular weight excluding hydrogens is 217 g/mol. The van der Waals surface area contributed by atoms with Crippen molar-refractivity contribution < 1.29 is 9.13 Å². The summed E-state index contributed by atoms with van der Waals surface area (Å²) in [4.78, 5) is 0. The molecule has 0 radical (unpaired) electrons. The van der Waals surface area contributed by atoms with Gasteiger partial charge in [0.25, 0.3) is 0 Å². The molecular formula is C14H20FNO. The van der Waals surface area contributed by atoms with E-state index in [4.69, 9.17) is 4.74 Å². The van der Waals surface area contributed by atoms with Crippen molar-refractivity contribution in [2.75, 3.05) is 20.7 Å². The molecule has 0 amide bonds. The van der Waals surface area contributed by atoms with Gasteiger partial charge in [-0.25, -0.2) is 4.39 Å². The second-order valence-electron chi connectivity index (χ2n) is 4.83. The topological polar surface area (TPSA) is 21.3 Å².